The van der Waals surface area contributed by atoms with E-state index in [4.69, 9.17) is 0 Å². The molecule has 0 unspecified atom stereocenters. The van der Waals surface area contributed by atoms with Gasteiger partial charge in [-0.25, -0.2) is 4.68 Å². The van der Waals surface area contributed by atoms with Crippen molar-refractivity contribution in [1.82, 2.24) is 24.1 Å². The third-order valence-corrected chi connectivity index (χ3v) is 6.49. The molecule has 0 spiro atoms. The monoisotopic (exact) mass is 403 g/mol. The summed E-state index contributed by atoms with van der Waals surface area (Å²) in [7, 11) is 4.19. The number of fused-ring (bicyclic) bond motifs is 4. The number of para-hydroxylation sites is 1. The van der Waals surface area contributed by atoms with Crippen molar-refractivity contribution in [2.45, 2.75) is 24.9 Å². The van der Waals surface area contributed by atoms with Crippen molar-refractivity contribution in [2.24, 2.45) is 5.92 Å². The Kier molecular flexibility index (Phi) is 5.05. The average molecular weight is 404 g/mol. The van der Waals surface area contributed by atoms with E-state index >= 15 is 0 Å². The van der Waals surface area contributed by atoms with Crippen LogP contribution >= 0.6 is 0 Å². The van der Waals surface area contributed by atoms with Gasteiger partial charge in [0.2, 0.25) is 0 Å². The molecule has 0 amide bonds. The van der Waals surface area contributed by atoms with E-state index in [1.54, 1.807) is 6.07 Å². The van der Waals surface area contributed by atoms with Crippen LogP contribution in [0.4, 0.5) is 0 Å². The highest BCUT2D eigenvalue weighted by molar-refractivity contribution is 5.31. The molecule has 0 aliphatic carbocycles. The number of hydrogen-bond donors (Lipinski definition) is 0. The lowest BCUT2D eigenvalue weighted by molar-refractivity contribution is 0.0743. The zero-order chi connectivity index (χ0) is 20.7. The second-order valence-electron chi connectivity index (χ2n) is 9.00. The van der Waals surface area contributed by atoms with Crippen molar-refractivity contribution in [3.63, 3.8) is 0 Å². The lowest BCUT2D eigenvalue weighted by Crippen LogP contribution is -2.51. The molecule has 3 aromatic rings. The van der Waals surface area contributed by atoms with Crippen LogP contribution in [-0.4, -0.2) is 57.9 Å². The van der Waals surface area contributed by atoms with E-state index in [1.807, 2.05) is 35.1 Å². The molecule has 2 aliphatic rings. The number of rotatable bonds is 5. The highest BCUT2D eigenvalue weighted by atomic mass is 16.1. The molecule has 2 aliphatic heterocycles. The second-order valence-corrected chi connectivity index (χ2v) is 9.00. The van der Waals surface area contributed by atoms with Gasteiger partial charge in [0.15, 0.2) is 0 Å². The van der Waals surface area contributed by atoms with Gasteiger partial charge in [-0.1, -0.05) is 24.3 Å². The fourth-order valence-corrected chi connectivity index (χ4v) is 5.30. The Labute approximate surface area is 177 Å². The molecule has 2 aromatic heterocycles. The van der Waals surface area contributed by atoms with Gasteiger partial charge in [0, 0.05) is 55.6 Å². The van der Waals surface area contributed by atoms with Crippen LogP contribution in [0, 0.1) is 5.92 Å². The maximum Gasteiger partial charge on any atom is 0.251 e. The minimum atomic E-state index is 0.145. The van der Waals surface area contributed by atoms with Gasteiger partial charge in [-0.3, -0.25) is 9.69 Å². The molecule has 1 fully saturated rings. The minimum Gasteiger partial charge on any atom is -0.308 e. The van der Waals surface area contributed by atoms with Crippen molar-refractivity contribution >= 4 is 0 Å². The minimum absolute atomic E-state index is 0.145. The topological polar surface area (TPSA) is 46.3 Å². The van der Waals surface area contributed by atoms with E-state index in [9.17, 15) is 4.79 Å². The lowest BCUT2D eigenvalue weighted by atomic mass is 9.78. The fourth-order valence-electron chi connectivity index (χ4n) is 5.30. The summed E-state index contributed by atoms with van der Waals surface area (Å²) in [5, 5.41) is 4.56. The van der Waals surface area contributed by atoms with Crippen LogP contribution in [0.15, 0.2) is 65.7 Å². The summed E-state index contributed by atoms with van der Waals surface area (Å²) in [4.78, 5) is 17.5. The maximum absolute atomic E-state index is 12.7. The van der Waals surface area contributed by atoms with E-state index in [0.717, 1.165) is 31.9 Å². The predicted octanol–water partition coefficient (Wildman–Crippen LogP) is 2.76. The summed E-state index contributed by atoms with van der Waals surface area (Å²) in [5.74, 6) is 0.906. The molecule has 0 radical (unpaired) electrons. The van der Waals surface area contributed by atoms with Crippen LogP contribution in [0.1, 0.15) is 29.6 Å². The molecule has 1 aromatic carbocycles. The Balaban J connectivity index is 1.39. The number of pyridine rings is 1. The number of likely N-dealkylation sites (N-methyl/N-ethyl adjacent to an activating group) is 1. The van der Waals surface area contributed by atoms with Crippen LogP contribution in [0.5, 0.6) is 0 Å². The van der Waals surface area contributed by atoms with Gasteiger partial charge in [-0.15, -0.1) is 0 Å². The van der Waals surface area contributed by atoms with Gasteiger partial charge >= 0.3 is 0 Å². The van der Waals surface area contributed by atoms with Gasteiger partial charge in [0.05, 0.1) is 17.9 Å². The Bertz CT molecular complexity index is 1070. The Morgan fingerprint density at radius 1 is 1.07 bits per heavy atom. The molecule has 6 nitrogen and oxygen atoms in total. The van der Waals surface area contributed by atoms with Crippen LogP contribution in [0.25, 0.3) is 5.69 Å². The molecular formula is C24H29N5O. The van der Waals surface area contributed by atoms with Crippen LogP contribution in [0.2, 0.25) is 0 Å². The molecule has 5 rings (SSSR count). The first-order valence-corrected chi connectivity index (χ1v) is 10.8. The third kappa shape index (κ3) is 3.61. The number of benzene rings is 1. The Morgan fingerprint density at radius 3 is 2.70 bits per heavy atom. The number of piperidine rings is 1. The molecule has 30 heavy (non-hydrogen) atoms. The summed E-state index contributed by atoms with van der Waals surface area (Å²) in [6.07, 6.45) is 5.28. The first kappa shape index (κ1) is 19.3. The maximum atomic E-state index is 12.7. The van der Waals surface area contributed by atoms with E-state index in [2.05, 4.69) is 58.0 Å². The molecule has 0 N–H and O–H groups in total. The quantitative estimate of drug-likeness (QED) is 0.657. The highest BCUT2D eigenvalue weighted by Crippen LogP contribution is 2.41. The van der Waals surface area contributed by atoms with Gasteiger partial charge in [0.1, 0.15) is 0 Å². The zero-order valence-corrected chi connectivity index (χ0v) is 17.7. The fraction of sp³-hybridized carbons (Fsp3) is 0.417. The first-order chi connectivity index (χ1) is 14.6. The Hall–Kier alpha value is -2.70. The first-order valence-electron chi connectivity index (χ1n) is 10.8. The molecule has 6 heteroatoms. The molecular weight excluding hydrogens is 374 g/mol. The summed E-state index contributed by atoms with van der Waals surface area (Å²) in [6, 6.07) is 16.3. The zero-order valence-electron chi connectivity index (χ0n) is 17.7. The molecule has 156 valence electrons. The molecule has 4 heterocycles. The predicted molar refractivity (Wildman–Crippen MR) is 118 cm³/mol. The number of aromatic nitrogens is 3. The van der Waals surface area contributed by atoms with Crippen LogP contribution < -0.4 is 5.56 Å². The molecule has 1 saturated heterocycles. The SMILES string of the molecule is CN(C)C[C@H]1[C@H]2C[C@H](CN(Cc3cnn(-c4ccccc4)c3)C2)c2cccc(=O)n21. The normalized spacial score (nSPS) is 23.5. The van der Waals surface area contributed by atoms with E-state index in [1.165, 1.54) is 17.7 Å². The van der Waals surface area contributed by atoms with Crippen molar-refractivity contribution in [3.8, 4) is 5.69 Å². The van der Waals surface area contributed by atoms with Crippen molar-refractivity contribution in [2.75, 3.05) is 33.7 Å². The largest absolute Gasteiger partial charge is 0.308 e. The Morgan fingerprint density at radius 2 is 1.90 bits per heavy atom. The number of likely N-dealkylation sites (tertiary alicyclic amines) is 1. The average Bonchev–Trinajstić information content (AvgIpc) is 3.20. The van der Waals surface area contributed by atoms with E-state index < -0.39 is 0 Å². The summed E-state index contributed by atoms with van der Waals surface area (Å²) < 4.78 is 4.04. The molecule has 3 atom stereocenters. The highest BCUT2D eigenvalue weighted by Gasteiger charge is 2.40. The smallest absolute Gasteiger partial charge is 0.251 e. The lowest BCUT2D eigenvalue weighted by Gasteiger charge is -2.47. The molecule has 2 bridgehead atoms. The summed E-state index contributed by atoms with van der Waals surface area (Å²) >= 11 is 0. The number of hydrogen-bond acceptors (Lipinski definition) is 4. The van der Waals surface area contributed by atoms with Crippen molar-refractivity contribution in [3.05, 3.63) is 82.5 Å². The van der Waals surface area contributed by atoms with Gasteiger partial charge in [0.25, 0.3) is 5.56 Å². The molecule has 0 saturated carbocycles. The number of nitrogens with zero attached hydrogens (tertiary/aromatic N) is 5. The van der Waals surface area contributed by atoms with Crippen LogP contribution in [0.3, 0.4) is 0 Å². The second kappa shape index (κ2) is 7.85. The summed E-state index contributed by atoms with van der Waals surface area (Å²) in [5.41, 5.74) is 3.66. The van der Waals surface area contributed by atoms with E-state index in [0.29, 0.717) is 11.8 Å². The van der Waals surface area contributed by atoms with Crippen molar-refractivity contribution < 1.29 is 0 Å². The van der Waals surface area contributed by atoms with Crippen molar-refractivity contribution in [1.29, 1.82) is 0 Å². The van der Waals surface area contributed by atoms with Gasteiger partial charge in [-0.05, 0) is 44.6 Å². The summed E-state index contributed by atoms with van der Waals surface area (Å²) in [6.45, 7) is 3.80. The standard InChI is InChI=1S/C24H29N5O/c1-26(2)17-23-20-11-19(22-9-6-10-24(30)29(22)23)15-27(16-20)13-18-12-25-28(14-18)21-7-4-3-5-8-21/h3-10,12,14,19-20,23H,11,13,15-17H2,1-2H3/t19-,20+,23+/m1/s1. The van der Waals surface area contributed by atoms with Crippen LogP contribution in [-0.2, 0) is 6.54 Å². The van der Waals surface area contributed by atoms with E-state index in [-0.39, 0.29) is 11.6 Å². The van der Waals surface area contributed by atoms with Gasteiger partial charge < -0.3 is 9.47 Å². The third-order valence-electron chi connectivity index (χ3n) is 6.49. The van der Waals surface area contributed by atoms with Gasteiger partial charge in [-0.2, -0.15) is 5.10 Å².